The van der Waals surface area contributed by atoms with Gasteiger partial charge in [0.15, 0.2) is 0 Å². The number of ether oxygens (including phenoxy) is 1. The second-order valence-corrected chi connectivity index (χ2v) is 6.95. The van der Waals surface area contributed by atoms with Crippen molar-refractivity contribution < 1.29 is 13.2 Å². The number of aromatic nitrogens is 3. The third-order valence-electron chi connectivity index (χ3n) is 2.57. The Bertz CT molecular complexity index is 683. The largest absolute Gasteiger partial charge is 0.497 e. The molecule has 0 aliphatic rings. The van der Waals surface area contributed by atoms with Crippen molar-refractivity contribution >= 4 is 21.8 Å². The predicted molar refractivity (Wildman–Crippen MR) is 80.0 cm³/mol. The van der Waals surface area contributed by atoms with Crippen molar-refractivity contribution in [2.24, 2.45) is 0 Å². The first-order valence-corrected chi connectivity index (χ1v) is 8.63. The summed E-state index contributed by atoms with van der Waals surface area (Å²) >= 11 is 1.38. The lowest BCUT2D eigenvalue weighted by molar-refractivity contribution is 0.414. The van der Waals surface area contributed by atoms with Gasteiger partial charge in [0.05, 0.1) is 12.0 Å². The number of hydrogen-bond donors (Lipinski definition) is 2. The predicted octanol–water partition coefficient (Wildman–Crippen LogP) is 1.19. The maximum Gasteiger partial charge on any atom is 0.240 e. The van der Waals surface area contributed by atoms with Crippen molar-refractivity contribution in [3.05, 3.63) is 30.1 Å². The van der Waals surface area contributed by atoms with Crippen molar-refractivity contribution in [3.63, 3.8) is 0 Å². The molecule has 0 saturated heterocycles. The fraction of sp³-hybridized carbons (Fsp3) is 0.333. The van der Waals surface area contributed by atoms with Gasteiger partial charge in [0, 0.05) is 12.3 Å². The number of thioether (sulfide) groups is 1. The highest BCUT2D eigenvalue weighted by molar-refractivity contribution is 7.99. The number of H-pyrrole nitrogens is 1. The van der Waals surface area contributed by atoms with Gasteiger partial charge in [-0.1, -0.05) is 11.8 Å². The molecule has 2 aromatic rings. The van der Waals surface area contributed by atoms with Crippen LogP contribution in [0.3, 0.4) is 0 Å². The summed E-state index contributed by atoms with van der Waals surface area (Å²) in [4.78, 5) is 4.34. The van der Waals surface area contributed by atoms with Crippen LogP contribution < -0.4 is 9.46 Å². The van der Waals surface area contributed by atoms with Crippen LogP contribution in [0, 0.1) is 6.92 Å². The van der Waals surface area contributed by atoms with Crippen LogP contribution in [0.25, 0.3) is 0 Å². The molecule has 7 nitrogen and oxygen atoms in total. The van der Waals surface area contributed by atoms with Gasteiger partial charge < -0.3 is 4.74 Å². The molecule has 1 aromatic heterocycles. The fourth-order valence-electron chi connectivity index (χ4n) is 1.54. The van der Waals surface area contributed by atoms with Crippen LogP contribution in [0.4, 0.5) is 0 Å². The van der Waals surface area contributed by atoms with Crippen molar-refractivity contribution in [3.8, 4) is 5.75 Å². The van der Waals surface area contributed by atoms with Crippen LogP contribution in [0.15, 0.2) is 34.3 Å². The van der Waals surface area contributed by atoms with E-state index in [9.17, 15) is 8.42 Å². The lowest BCUT2D eigenvalue weighted by atomic mass is 10.3. The molecular formula is C12H16N4O3S2. The van der Waals surface area contributed by atoms with Gasteiger partial charge in [0.2, 0.25) is 15.2 Å². The first-order valence-electron chi connectivity index (χ1n) is 6.17. The number of hydrogen-bond acceptors (Lipinski definition) is 6. The van der Waals surface area contributed by atoms with E-state index < -0.39 is 10.0 Å². The molecular weight excluding hydrogens is 312 g/mol. The standard InChI is InChI=1S/C12H16N4O3S2/c1-9-14-12(16-15-9)20-8-7-13-21(17,18)11-5-3-10(19-2)4-6-11/h3-6,13H,7-8H2,1-2H3,(H,14,15,16). The van der Waals surface area contributed by atoms with E-state index in [0.29, 0.717) is 23.2 Å². The summed E-state index contributed by atoms with van der Waals surface area (Å²) in [5, 5.41) is 7.30. The topological polar surface area (TPSA) is 97.0 Å². The Balaban J connectivity index is 1.85. The summed E-state index contributed by atoms with van der Waals surface area (Å²) in [6.45, 7) is 2.11. The molecule has 1 heterocycles. The van der Waals surface area contributed by atoms with Crippen LogP contribution in [0.5, 0.6) is 5.75 Å². The third-order valence-corrected chi connectivity index (χ3v) is 4.90. The number of methoxy groups -OCH3 is 1. The van der Waals surface area contributed by atoms with Crippen LogP contribution >= 0.6 is 11.8 Å². The maximum atomic E-state index is 12.0. The van der Waals surface area contributed by atoms with Gasteiger partial charge in [0.1, 0.15) is 11.6 Å². The Hall–Kier alpha value is -1.58. The summed E-state index contributed by atoms with van der Waals surface area (Å²) in [6, 6.07) is 6.24. The second kappa shape index (κ2) is 6.92. The Morgan fingerprint density at radius 1 is 1.33 bits per heavy atom. The van der Waals surface area contributed by atoms with Crippen LogP contribution in [-0.2, 0) is 10.0 Å². The van der Waals surface area contributed by atoms with Crippen molar-refractivity contribution in [2.45, 2.75) is 17.0 Å². The molecule has 0 aliphatic heterocycles. The van der Waals surface area contributed by atoms with E-state index >= 15 is 0 Å². The number of nitrogens with zero attached hydrogens (tertiary/aromatic N) is 2. The first kappa shape index (κ1) is 15.8. The minimum atomic E-state index is -3.50. The summed E-state index contributed by atoms with van der Waals surface area (Å²) in [7, 11) is -1.97. The molecule has 9 heteroatoms. The summed E-state index contributed by atoms with van der Waals surface area (Å²) in [5.74, 6) is 1.90. The quantitative estimate of drug-likeness (QED) is 0.585. The highest BCUT2D eigenvalue weighted by Gasteiger charge is 2.13. The Morgan fingerprint density at radius 2 is 2.05 bits per heavy atom. The summed E-state index contributed by atoms with van der Waals surface area (Å²) < 4.78 is 31.6. The lowest BCUT2D eigenvalue weighted by Crippen LogP contribution is -2.26. The molecule has 0 bridgehead atoms. The normalized spacial score (nSPS) is 11.5. The monoisotopic (exact) mass is 328 g/mol. The molecule has 0 unspecified atom stereocenters. The summed E-state index contributed by atoms with van der Waals surface area (Å²) in [5.41, 5.74) is 0. The molecule has 0 spiro atoms. The third kappa shape index (κ3) is 4.45. The number of rotatable bonds is 7. The van der Waals surface area contributed by atoms with E-state index in [2.05, 4.69) is 19.9 Å². The van der Waals surface area contributed by atoms with Gasteiger partial charge in [-0.05, 0) is 31.2 Å². The molecule has 0 fully saturated rings. The average Bonchev–Trinajstić information content (AvgIpc) is 2.89. The number of nitrogens with one attached hydrogen (secondary N) is 2. The van der Waals surface area contributed by atoms with Gasteiger partial charge in [0.25, 0.3) is 0 Å². The van der Waals surface area contributed by atoms with Crippen molar-refractivity contribution in [2.75, 3.05) is 19.4 Å². The zero-order chi connectivity index (χ0) is 15.3. The molecule has 0 aliphatic carbocycles. The van der Waals surface area contributed by atoms with E-state index in [1.807, 2.05) is 6.92 Å². The first-order chi connectivity index (χ1) is 10.0. The SMILES string of the molecule is COc1ccc(S(=O)(=O)NCCSc2n[nH]c(C)n2)cc1. The molecule has 0 saturated carbocycles. The zero-order valence-corrected chi connectivity index (χ0v) is 13.3. The smallest absolute Gasteiger partial charge is 0.240 e. The molecule has 2 rings (SSSR count). The van der Waals surface area contributed by atoms with Gasteiger partial charge in [-0.15, -0.1) is 5.10 Å². The number of aromatic amines is 1. The molecule has 0 atom stereocenters. The Kier molecular flexibility index (Phi) is 5.21. The Labute approximate surface area is 127 Å². The minimum absolute atomic E-state index is 0.210. The highest BCUT2D eigenvalue weighted by atomic mass is 32.2. The fourth-order valence-corrected chi connectivity index (χ4v) is 3.40. The van der Waals surface area contributed by atoms with E-state index in [0.717, 1.165) is 5.82 Å². The molecule has 0 radical (unpaired) electrons. The van der Waals surface area contributed by atoms with Gasteiger partial charge >= 0.3 is 0 Å². The number of benzene rings is 1. The highest BCUT2D eigenvalue weighted by Crippen LogP contribution is 2.16. The van der Waals surface area contributed by atoms with E-state index in [1.165, 1.54) is 31.0 Å². The van der Waals surface area contributed by atoms with Crippen LogP contribution in [-0.4, -0.2) is 43.0 Å². The van der Waals surface area contributed by atoms with Gasteiger partial charge in [-0.2, -0.15) is 0 Å². The van der Waals surface area contributed by atoms with Crippen LogP contribution in [0.2, 0.25) is 0 Å². The molecule has 0 amide bonds. The maximum absolute atomic E-state index is 12.0. The Morgan fingerprint density at radius 3 is 2.62 bits per heavy atom. The van der Waals surface area contributed by atoms with Crippen LogP contribution in [0.1, 0.15) is 5.82 Å². The molecule has 2 N–H and O–H groups in total. The van der Waals surface area contributed by atoms with E-state index in [4.69, 9.17) is 4.74 Å². The molecule has 21 heavy (non-hydrogen) atoms. The van der Waals surface area contributed by atoms with Gasteiger partial charge in [-0.25, -0.2) is 18.1 Å². The van der Waals surface area contributed by atoms with E-state index in [1.54, 1.807) is 12.1 Å². The lowest BCUT2D eigenvalue weighted by Gasteiger charge is -2.06. The second-order valence-electron chi connectivity index (χ2n) is 4.13. The van der Waals surface area contributed by atoms with E-state index in [-0.39, 0.29) is 4.90 Å². The zero-order valence-electron chi connectivity index (χ0n) is 11.7. The molecule has 114 valence electrons. The van der Waals surface area contributed by atoms with Crippen molar-refractivity contribution in [1.82, 2.24) is 19.9 Å². The minimum Gasteiger partial charge on any atom is -0.497 e. The number of aryl methyl sites for hydroxylation is 1. The summed E-state index contributed by atoms with van der Waals surface area (Å²) in [6.07, 6.45) is 0. The van der Waals surface area contributed by atoms with Gasteiger partial charge in [-0.3, -0.25) is 5.10 Å². The average molecular weight is 328 g/mol. The van der Waals surface area contributed by atoms with Crippen molar-refractivity contribution in [1.29, 1.82) is 0 Å². The number of sulfonamides is 1. The molecule has 1 aromatic carbocycles.